The standard InChI is InChI=1S/C14H13NO3/c1-8-3-5-10(6-4-8)12-7-11(15)13(9(2)16)14(17)18-12/h3-7H,15H2,1-2H3. The van der Waals surface area contributed by atoms with Gasteiger partial charge in [-0.15, -0.1) is 0 Å². The molecule has 0 radical (unpaired) electrons. The highest BCUT2D eigenvalue weighted by Crippen LogP contribution is 2.22. The molecule has 2 aromatic rings. The second-order valence-electron chi connectivity index (χ2n) is 4.15. The zero-order chi connectivity index (χ0) is 13.3. The van der Waals surface area contributed by atoms with Gasteiger partial charge in [0.25, 0.3) is 0 Å². The number of carbonyl (C=O) groups excluding carboxylic acids is 1. The first kappa shape index (κ1) is 12.1. The second-order valence-corrected chi connectivity index (χ2v) is 4.15. The van der Waals surface area contributed by atoms with E-state index in [1.165, 1.54) is 13.0 Å². The van der Waals surface area contributed by atoms with Gasteiger partial charge in [-0.3, -0.25) is 4.79 Å². The van der Waals surface area contributed by atoms with Crippen LogP contribution in [0.3, 0.4) is 0 Å². The average Bonchev–Trinajstić information content (AvgIpc) is 2.28. The Balaban J connectivity index is 2.58. The second kappa shape index (κ2) is 4.49. The number of ketones is 1. The molecule has 2 rings (SSSR count). The Hall–Kier alpha value is -2.36. The Morgan fingerprint density at radius 2 is 1.83 bits per heavy atom. The lowest BCUT2D eigenvalue weighted by atomic mass is 10.1. The van der Waals surface area contributed by atoms with Gasteiger partial charge in [-0.2, -0.15) is 0 Å². The number of anilines is 1. The fourth-order valence-corrected chi connectivity index (χ4v) is 1.72. The van der Waals surface area contributed by atoms with Crippen LogP contribution in [0.5, 0.6) is 0 Å². The van der Waals surface area contributed by atoms with Crippen molar-refractivity contribution in [2.45, 2.75) is 13.8 Å². The molecule has 18 heavy (non-hydrogen) atoms. The maximum Gasteiger partial charge on any atom is 0.349 e. The van der Waals surface area contributed by atoms with Gasteiger partial charge in [0.1, 0.15) is 11.3 Å². The highest BCUT2D eigenvalue weighted by atomic mass is 16.4. The van der Waals surface area contributed by atoms with Gasteiger partial charge < -0.3 is 10.2 Å². The van der Waals surface area contributed by atoms with Crippen LogP contribution in [0.15, 0.2) is 39.5 Å². The van der Waals surface area contributed by atoms with E-state index in [1.807, 2.05) is 31.2 Å². The Labute approximate surface area is 104 Å². The van der Waals surface area contributed by atoms with E-state index in [4.69, 9.17) is 10.2 Å². The minimum absolute atomic E-state index is 0.0918. The van der Waals surface area contributed by atoms with Crippen molar-refractivity contribution in [3.8, 4) is 11.3 Å². The Morgan fingerprint density at radius 1 is 1.22 bits per heavy atom. The highest BCUT2D eigenvalue weighted by molar-refractivity contribution is 5.98. The van der Waals surface area contributed by atoms with E-state index < -0.39 is 11.4 Å². The van der Waals surface area contributed by atoms with E-state index in [2.05, 4.69) is 0 Å². The summed E-state index contributed by atoms with van der Waals surface area (Å²) in [5, 5.41) is 0. The van der Waals surface area contributed by atoms with Crippen LogP contribution < -0.4 is 11.4 Å². The van der Waals surface area contributed by atoms with E-state index in [0.717, 1.165) is 11.1 Å². The molecule has 1 heterocycles. The summed E-state index contributed by atoms with van der Waals surface area (Å²) in [7, 11) is 0. The molecule has 0 fully saturated rings. The van der Waals surface area contributed by atoms with Crippen molar-refractivity contribution in [2.24, 2.45) is 0 Å². The topological polar surface area (TPSA) is 73.3 Å². The maximum atomic E-state index is 11.7. The lowest BCUT2D eigenvalue weighted by molar-refractivity contribution is 0.101. The summed E-state index contributed by atoms with van der Waals surface area (Å²) in [4.78, 5) is 22.9. The van der Waals surface area contributed by atoms with Crippen molar-refractivity contribution in [3.05, 3.63) is 51.9 Å². The molecule has 0 bridgehead atoms. The number of aryl methyl sites for hydroxylation is 1. The van der Waals surface area contributed by atoms with Gasteiger partial charge in [-0.05, 0) is 13.8 Å². The number of benzene rings is 1. The van der Waals surface area contributed by atoms with Crippen LogP contribution >= 0.6 is 0 Å². The SMILES string of the molecule is CC(=O)c1c(N)cc(-c2ccc(C)cc2)oc1=O. The molecular weight excluding hydrogens is 230 g/mol. The number of carbonyl (C=O) groups is 1. The van der Waals surface area contributed by atoms with Crippen molar-refractivity contribution < 1.29 is 9.21 Å². The summed E-state index contributed by atoms with van der Waals surface area (Å²) < 4.78 is 5.12. The summed E-state index contributed by atoms with van der Waals surface area (Å²) in [5.41, 5.74) is 6.92. The van der Waals surface area contributed by atoms with E-state index in [0.29, 0.717) is 5.76 Å². The molecule has 0 saturated heterocycles. The van der Waals surface area contributed by atoms with E-state index in [9.17, 15) is 9.59 Å². The number of rotatable bonds is 2. The van der Waals surface area contributed by atoms with Gasteiger partial charge in [0, 0.05) is 11.6 Å². The minimum Gasteiger partial charge on any atom is -0.422 e. The Kier molecular flexibility index (Phi) is 3.02. The zero-order valence-corrected chi connectivity index (χ0v) is 10.2. The largest absolute Gasteiger partial charge is 0.422 e. The summed E-state index contributed by atoms with van der Waals surface area (Å²) in [5.74, 6) is -0.0285. The summed E-state index contributed by atoms with van der Waals surface area (Å²) in [6.07, 6.45) is 0. The normalized spacial score (nSPS) is 10.3. The quantitative estimate of drug-likeness (QED) is 0.822. The van der Waals surface area contributed by atoms with Crippen molar-refractivity contribution in [2.75, 3.05) is 5.73 Å². The fraction of sp³-hybridized carbons (Fsp3) is 0.143. The molecule has 2 N–H and O–H groups in total. The summed E-state index contributed by atoms with van der Waals surface area (Å²) in [6, 6.07) is 8.98. The first-order valence-corrected chi connectivity index (χ1v) is 5.50. The van der Waals surface area contributed by atoms with Crippen LogP contribution in [-0.2, 0) is 0 Å². The van der Waals surface area contributed by atoms with Crippen LogP contribution in [0.25, 0.3) is 11.3 Å². The molecule has 0 amide bonds. The lowest BCUT2D eigenvalue weighted by Crippen LogP contribution is -2.15. The maximum absolute atomic E-state index is 11.7. The van der Waals surface area contributed by atoms with Crippen molar-refractivity contribution >= 4 is 11.5 Å². The molecule has 0 saturated carbocycles. The first-order valence-electron chi connectivity index (χ1n) is 5.50. The van der Waals surface area contributed by atoms with Gasteiger partial charge in [0.05, 0.1) is 5.69 Å². The predicted octanol–water partition coefficient (Wildman–Crippen LogP) is 2.40. The molecular formula is C14H13NO3. The molecule has 1 aromatic carbocycles. The van der Waals surface area contributed by atoms with Gasteiger partial charge in [-0.1, -0.05) is 29.8 Å². The predicted molar refractivity (Wildman–Crippen MR) is 69.6 cm³/mol. The number of hydrogen-bond acceptors (Lipinski definition) is 4. The molecule has 1 aromatic heterocycles. The van der Waals surface area contributed by atoms with Gasteiger partial charge in [0.15, 0.2) is 5.78 Å². The van der Waals surface area contributed by atoms with E-state index in [1.54, 1.807) is 0 Å². The zero-order valence-electron chi connectivity index (χ0n) is 10.2. The van der Waals surface area contributed by atoms with Crippen LogP contribution in [-0.4, -0.2) is 5.78 Å². The fourth-order valence-electron chi connectivity index (χ4n) is 1.72. The molecule has 0 aliphatic heterocycles. The monoisotopic (exact) mass is 243 g/mol. The van der Waals surface area contributed by atoms with Crippen LogP contribution in [0.2, 0.25) is 0 Å². The first-order chi connectivity index (χ1) is 8.49. The van der Waals surface area contributed by atoms with Crippen molar-refractivity contribution in [3.63, 3.8) is 0 Å². The minimum atomic E-state index is -0.696. The molecule has 0 atom stereocenters. The van der Waals surface area contributed by atoms with Crippen LogP contribution in [0, 0.1) is 6.92 Å². The van der Waals surface area contributed by atoms with E-state index >= 15 is 0 Å². The molecule has 0 unspecified atom stereocenters. The summed E-state index contributed by atoms with van der Waals surface area (Å²) in [6.45, 7) is 3.25. The molecule has 0 aliphatic rings. The van der Waals surface area contributed by atoms with Crippen molar-refractivity contribution in [1.82, 2.24) is 0 Å². The third-order valence-corrected chi connectivity index (χ3v) is 2.67. The molecule has 0 spiro atoms. The molecule has 4 nitrogen and oxygen atoms in total. The average molecular weight is 243 g/mol. The molecule has 0 aliphatic carbocycles. The van der Waals surface area contributed by atoms with Crippen LogP contribution in [0.4, 0.5) is 5.69 Å². The lowest BCUT2D eigenvalue weighted by Gasteiger charge is -2.04. The Morgan fingerprint density at radius 3 is 2.33 bits per heavy atom. The van der Waals surface area contributed by atoms with Crippen LogP contribution in [0.1, 0.15) is 22.8 Å². The van der Waals surface area contributed by atoms with Gasteiger partial charge in [-0.25, -0.2) is 4.79 Å². The highest BCUT2D eigenvalue weighted by Gasteiger charge is 2.14. The third kappa shape index (κ3) is 2.18. The number of nitrogen functional groups attached to an aromatic ring is 1. The third-order valence-electron chi connectivity index (χ3n) is 2.67. The Bertz CT molecular complexity index is 654. The number of nitrogens with two attached hydrogens (primary N) is 1. The summed E-state index contributed by atoms with van der Waals surface area (Å²) >= 11 is 0. The number of Topliss-reactive ketones (excluding diaryl/α,β-unsaturated/α-hetero) is 1. The molecule has 4 heteroatoms. The van der Waals surface area contributed by atoms with Gasteiger partial charge in [0.2, 0.25) is 0 Å². The van der Waals surface area contributed by atoms with Gasteiger partial charge >= 0.3 is 5.63 Å². The molecule has 92 valence electrons. The van der Waals surface area contributed by atoms with E-state index in [-0.39, 0.29) is 11.3 Å². The number of hydrogen-bond donors (Lipinski definition) is 1. The smallest absolute Gasteiger partial charge is 0.349 e. The van der Waals surface area contributed by atoms with Crippen molar-refractivity contribution in [1.29, 1.82) is 0 Å².